The Morgan fingerprint density at radius 1 is 1.07 bits per heavy atom. The van der Waals surface area contributed by atoms with Crippen LogP contribution >= 0.6 is 11.3 Å². The van der Waals surface area contributed by atoms with Gasteiger partial charge < -0.3 is 24.6 Å². The largest absolute Gasteiger partial charge is 0.454 e. The highest BCUT2D eigenvalue weighted by atomic mass is 32.1. The summed E-state index contributed by atoms with van der Waals surface area (Å²) in [5, 5.41) is 3.49. The number of hydrogen-bond acceptors (Lipinski definition) is 6. The zero-order chi connectivity index (χ0) is 20.0. The summed E-state index contributed by atoms with van der Waals surface area (Å²) in [6, 6.07) is 7.16. The van der Waals surface area contributed by atoms with Gasteiger partial charge in [-0.3, -0.25) is 0 Å². The molecule has 0 aliphatic carbocycles. The minimum Gasteiger partial charge on any atom is -0.454 e. The Morgan fingerprint density at radius 2 is 1.86 bits per heavy atom. The van der Waals surface area contributed by atoms with Crippen molar-refractivity contribution < 1.29 is 23.0 Å². The van der Waals surface area contributed by atoms with Gasteiger partial charge in [0.15, 0.2) is 22.4 Å². The number of ether oxygens (including phenoxy) is 2. The maximum absolute atomic E-state index is 13.9. The van der Waals surface area contributed by atoms with Crippen LogP contribution in [-0.4, -0.2) is 48.9 Å². The fourth-order valence-corrected chi connectivity index (χ4v) is 4.42. The first kappa shape index (κ1) is 17.9. The van der Waals surface area contributed by atoms with Crippen LogP contribution in [-0.2, 0) is 0 Å². The van der Waals surface area contributed by atoms with E-state index >= 15 is 0 Å². The summed E-state index contributed by atoms with van der Waals surface area (Å²) in [6.45, 7) is 2.26. The molecule has 3 heterocycles. The Morgan fingerprint density at radius 3 is 2.69 bits per heavy atom. The van der Waals surface area contributed by atoms with Gasteiger partial charge in [-0.2, -0.15) is 0 Å². The average Bonchev–Trinajstić information content (AvgIpc) is 3.34. The molecule has 29 heavy (non-hydrogen) atoms. The van der Waals surface area contributed by atoms with Crippen LogP contribution in [0.5, 0.6) is 11.5 Å². The first-order valence-corrected chi connectivity index (χ1v) is 9.84. The number of hydrogen-bond donors (Lipinski definition) is 1. The van der Waals surface area contributed by atoms with Crippen molar-refractivity contribution in [3.8, 4) is 11.5 Å². The molecule has 0 spiro atoms. The van der Waals surface area contributed by atoms with Crippen molar-refractivity contribution >= 4 is 38.4 Å². The van der Waals surface area contributed by atoms with Crippen molar-refractivity contribution in [2.24, 2.45) is 0 Å². The predicted molar refractivity (Wildman–Crippen MR) is 105 cm³/mol. The topological polar surface area (TPSA) is 66.9 Å². The Bertz CT molecular complexity index is 1100. The SMILES string of the molecule is O=C(Nc1ccc2c(c1)OCO2)N1CCN(c2nc3c(F)cc(F)cc3s2)CC1. The van der Waals surface area contributed by atoms with Gasteiger partial charge in [-0.15, -0.1) is 0 Å². The van der Waals surface area contributed by atoms with Crippen molar-refractivity contribution in [3.63, 3.8) is 0 Å². The standard InChI is InChI=1S/C19H16F2N4O3S/c20-11-7-13(21)17-16(8-11)29-19(23-17)25-5-3-24(4-6-25)18(26)22-12-1-2-14-15(9-12)28-10-27-14/h1-2,7-9H,3-6,10H2,(H,22,26). The molecule has 0 unspecified atom stereocenters. The van der Waals surface area contributed by atoms with Gasteiger partial charge in [-0.25, -0.2) is 18.6 Å². The lowest BCUT2D eigenvalue weighted by Gasteiger charge is -2.34. The first-order valence-electron chi connectivity index (χ1n) is 9.03. The van der Waals surface area contributed by atoms with Crippen LogP contribution in [0.2, 0.25) is 0 Å². The van der Waals surface area contributed by atoms with Crippen LogP contribution < -0.4 is 19.7 Å². The Kier molecular flexibility index (Phi) is 4.35. The summed E-state index contributed by atoms with van der Waals surface area (Å²) < 4.78 is 38.4. The molecule has 2 amide bonds. The molecule has 1 fully saturated rings. The van der Waals surface area contributed by atoms with E-state index in [4.69, 9.17) is 9.47 Å². The second-order valence-corrected chi connectivity index (χ2v) is 7.71. The molecule has 150 valence electrons. The molecule has 3 aromatic rings. The molecule has 2 aromatic carbocycles. The maximum Gasteiger partial charge on any atom is 0.321 e. The van der Waals surface area contributed by atoms with Gasteiger partial charge >= 0.3 is 6.03 Å². The van der Waals surface area contributed by atoms with Gasteiger partial charge in [0.05, 0.1) is 4.70 Å². The van der Waals surface area contributed by atoms with E-state index in [1.54, 1.807) is 23.1 Å². The molecule has 0 atom stereocenters. The Labute approximate surface area is 168 Å². The molecule has 5 rings (SSSR count). The lowest BCUT2D eigenvalue weighted by atomic mass is 10.3. The second kappa shape index (κ2) is 7.03. The highest BCUT2D eigenvalue weighted by Crippen LogP contribution is 2.34. The van der Waals surface area contributed by atoms with Crippen LogP contribution in [0.4, 0.5) is 24.4 Å². The number of aromatic nitrogens is 1. The molecule has 1 N–H and O–H groups in total. The number of fused-ring (bicyclic) bond motifs is 2. The molecule has 0 radical (unpaired) electrons. The number of nitrogens with one attached hydrogen (secondary N) is 1. The van der Waals surface area contributed by atoms with E-state index in [1.807, 2.05) is 4.90 Å². The number of carbonyl (C=O) groups excluding carboxylic acids is 1. The van der Waals surface area contributed by atoms with E-state index < -0.39 is 11.6 Å². The fraction of sp³-hybridized carbons (Fsp3) is 0.263. The molecule has 0 bridgehead atoms. The van der Waals surface area contributed by atoms with Crippen LogP contribution in [0.3, 0.4) is 0 Å². The lowest BCUT2D eigenvalue weighted by molar-refractivity contribution is 0.174. The number of rotatable bonds is 2. The number of halogens is 2. The number of thiazole rings is 1. The van der Waals surface area contributed by atoms with E-state index in [1.165, 1.54) is 17.4 Å². The van der Waals surface area contributed by atoms with Crippen molar-refractivity contribution in [1.29, 1.82) is 0 Å². The number of piperazine rings is 1. The Balaban J connectivity index is 1.23. The van der Waals surface area contributed by atoms with Crippen molar-refractivity contribution in [2.75, 3.05) is 43.2 Å². The minimum atomic E-state index is -0.663. The van der Waals surface area contributed by atoms with Gasteiger partial charge in [0.1, 0.15) is 11.3 Å². The molecule has 2 aliphatic rings. The minimum absolute atomic E-state index is 0.175. The molecule has 1 saturated heterocycles. The summed E-state index contributed by atoms with van der Waals surface area (Å²) in [4.78, 5) is 20.5. The van der Waals surface area contributed by atoms with Crippen LogP contribution in [0.1, 0.15) is 0 Å². The van der Waals surface area contributed by atoms with Crippen LogP contribution in [0.15, 0.2) is 30.3 Å². The van der Waals surface area contributed by atoms with Gasteiger partial charge in [-0.1, -0.05) is 11.3 Å². The summed E-state index contributed by atoms with van der Waals surface area (Å²) in [5.74, 6) is -0.0182. The van der Waals surface area contributed by atoms with E-state index in [9.17, 15) is 13.6 Å². The van der Waals surface area contributed by atoms with Crippen molar-refractivity contribution in [1.82, 2.24) is 9.88 Å². The third kappa shape index (κ3) is 3.39. The molecule has 1 aromatic heterocycles. The molecular weight excluding hydrogens is 402 g/mol. The van der Waals surface area contributed by atoms with Crippen molar-refractivity contribution in [2.45, 2.75) is 0 Å². The van der Waals surface area contributed by atoms with Crippen LogP contribution in [0.25, 0.3) is 10.2 Å². The third-order valence-electron chi connectivity index (χ3n) is 4.86. The molecule has 2 aliphatic heterocycles. The number of benzene rings is 2. The summed E-state index contributed by atoms with van der Waals surface area (Å²) in [6.07, 6.45) is 0. The van der Waals surface area contributed by atoms with E-state index in [2.05, 4.69) is 10.3 Å². The zero-order valence-corrected chi connectivity index (χ0v) is 16.0. The van der Waals surface area contributed by atoms with Gasteiger partial charge in [0, 0.05) is 44.0 Å². The lowest BCUT2D eigenvalue weighted by Crippen LogP contribution is -2.50. The number of carbonyl (C=O) groups is 1. The van der Waals surface area contributed by atoms with E-state index in [0.29, 0.717) is 53.2 Å². The second-order valence-electron chi connectivity index (χ2n) is 6.70. The molecular formula is C19H16F2N4O3S. The smallest absolute Gasteiger partial charge is 0.321 e. The maximum atomic E-state index is 13.9. The highest BCUT2D eigenvalue weighted by molar-refractivity contribution is 7.22. The monoisotopic (exact) mass is 418 g/mol. The number of urea groups is 1. The number of anilines is 2. The highest BCUT2D eigenvalue weighted by Gasteiger charge is 2.24. The quantitative estimate of drug-likeness (QED) is 0.688. The molecule has 0 saturated carbocycles. The summed E-state index contributed by atoms with van der Waals surface area (Å²) >= 11 is 1.25. The third-order valence-corrected chi connectivity index (χ3v) is 5.93. The normalized spacial score (nSPS) is 15.8. The van der Waals surface area contributed by atoms with E-state index in [-0.39, 0.29) is 18.3 Å². The van der Waals surface area contributed by atoms with Crippen molar-refractivity contribution in [3.05, 3.63) is 42.0 Å². The zero-order valence-electron chi connectivity index (χ0n) is 15.2. The number of amides is 2. The summed E-state index contributed by atoms with van der Waals surface area (Å²) in [7, 11) is 0. The van der Waals surface area contributed by atoms with Gasteiger partial charge in [0.25, 0.3) is 0 Å². The van der Waals surface area contributed by atoms with E-state index in [0.717, 1.165) is 6.07 Å². The number of nitrogens with zero attached hydrogens (tertiary/aromatic N) is 3. The fourth-order valence-electron chi connectivity index (χ4n) is 3.36. The van der Waals surface area contributed by atoms with Gasteiger partial charge in [0.2, 0.25) is 6.79 Å². The average molecular weight is 418 g/mol. The Hall–Kier alpha value is -3.14. The van der Waals surface area contributed by atoms with Gasteiger partial charge in [-0.05, 0) is 18.2 Å². The molecule has 7 nitrogen and oxygen atoms in total. The predicted octanol–water partition coefficient (Wildman–Crippen LogP) is 3.66. The first-order chi connectivity index (χ1) is 14.1. The molecule has 10 heteroatoms. The van der Waals surface area contributed by atoms with Crippen LogP contribution in [0, 0.1) is 11.6 Å². The summed E-state index contributed by atoms with van der Waals surface area (Å²) in [5.41, 5.74) is 0.805.